The van der Waals surface area contributed by atoms with Crippen molar-refractivity contribution in [1.29, 1.82) is 0 Å². The molecule has 0 saturated carbocycles. The molecule has 0 aliphatic heterocycles. The van der Waals surface area contributed by atoms with Gasteiger partial charge >= 0.3 is 5.97 Å². The molecule has 0 N–H and O–H groups in total. The van der Waals surface area contributed by atoms with Crippen LogP contribution in [0.15, 0.2) is 15.9 Å². The molecule has 0 spiro atoms. The first kappa shape index (κ1) is 13.7. The van der Waals surface area contributed by atoms with Gasteiger partial charge < -0.3 is 9.64 Å². The SMILES string of the molecule is CCOC(=O)CCN(C)Cc1ccc(Br)s1. The lowest BCUT2D eigenvalue weighted by molar-refractivity contribution is -0.143. The molecule has 5 heteroatoms. The standard InChI is InChI=1S/C11H16BrNO2S/c1-3-15-11(14)6-7-13(2)8-9-4-5-10(12)16-9/h4-5H,3,6-8H2,1-2H3. The number of hydrogen-bond acceptors (Lipinski definition) is 4. The summed E-state index contributed by atoms with van der Waals surface area (Å²) in [6.45, 7) is 3.88. The Morgan fingerprint density at radius 2 is 2.31 bits per heavy atom. The maximum atomic E-state index is 11.2. The summed E-state index contributed by atoms with van der Waals surface area (Å²) in [5.41, 5.74) is 0. The van der Waals surface area contributed by atoms with Crippen molar-refractivity contribution in [2.45, 2.75) is 19.9 Å². The van der Waals surface area contributed by atoms with Crippen LogP contribution in [0.5, 0.6) is 0 Å². The molecule has 1 aromatic rings. The van der Waals surface area contributed by atoms with Crippen LogP contribution in [0.25, 0.3) is 0 Å². The minimum atomic E-state index is -0.123. The number of carbonyl (C=O) groups excluding carboxylic acids is 1. The zero-order valence-corrected chi connectivity index (χ0v) is 11.9. The second kappa shape index (κ2) is 7.04. The molecular weight excluding hydrogens is 290 g/mol. The molecule has 0 bridgehead atoms. The number of carbonyl (C=O) groups is 1. The highest BCUT2D eigenvalue weighted by Crippen LogP contribution is 2.22. The summed E-state index contributed by atoms with van der Waals surface area (Å²) >= 11 is 5.15. The number of halogens is 1. The third-order valence-corrected chi connectivity index (χ3v) is 3.67. The Morgan fingerprint density at radius 3 is 2.88 bits per heavy atom. The Labute approximate surface area is 109 Å². The van der Waals surface area contributed by atoms with E-state index in [1.54, 1.807) is 11.3 Å². The molecule has 0 aromatic carbocycles. The Balaban J connectivity index is 2.25. The van der Waals surface area contributed by atoms with Crippen molar-refractivity contribution in [3.63, 3.8) is 0 Å². The van der Waals surface area contributed by atoms with Crippen LogP contribution in [0, 0.1) is 0 Å². The summed E-state index contributed by atoms with van der Waals surface area (Å²) in [7, 11) is 2.01. The molecule has 1 aromatic heterocycles. The average Bonchev–Trinajstić information content (AvgIpc) is 2.61. The molecule has 0 atom stereocenters. The van der Waals surface area contributed by atoms with E-state index in [-0.39, 0.29) is 5.97 Å². The number of esters is 1. The maximum absolute atomic E-state index is 11.2. The number of hydrogen-bond donors (Lipinski definition) is 0. The van der Waals surface area contributed by atoms with Crippen LogP contribution in [-0.4, -0.2) is 31.1 Å². The van der Waals surface area contributed by atoms with E-state index in [2.05, 4.69) is 26.9 Å². The Bertz CT molecular complexity index is 340. The third-order valence-electron chi connectivity index (χ3n) is 2.06. The predicted molar refractivity (Wildman–Crippen MR) is 69.6 cm³/mol. The maximum Gasteiger partial charge on any atom is 0.307 e. The van der Waals surface area contributed by atoms with Gasteiger partial charge in [-0.1, -0.05) is 0 Å². The lowest BCUT2D eigenvalue weighted by Gasteiger charge is -2.14. The van der Waals surface area contributed by atoms with Gasteiger partial charge in [0.15, 0.2) is 0 Å². The minimum absolute atomic E-state index is 0.123. The van der Waals surface area contributed by atoms with E-state index in [1.165, 1.54) is 4.88 Å². The molecule has 3 nitrogen and oxygen atoms in total. The van der Waals surface area contributed by atoms with E-state index in [0.717, 1.165) is 16.9 Å². The van der Waals surface area contributed by atoms with E-state index in [1.807, 2.05) is 20.0 Å². The first-order valence-electron chi connectivity index (χ1n) is 5.20. The molecule has 0 aliphatic carbocycles. The third kappa shape index (κ3) is 5.09. The summed E-state index contributed by atoms with van der Waals surface area (Å²) in [5, 5.41) is 0. The summed E-state index contributed by atoms with van der Waals surface area (Å²) in [6.07, 6.45) is 0.455. The number of ether oxygens (including phenoxy) is 1. The van der Waals surface area contributed by atoms with E-state index in [0.29, 0.717) is 13.0 Å². The Hall–Kier alpha value is -0.390. The van der Waals surface area contributed by atoms with Crippen molar-refractivity contribution in [1.82, 2.24) is 4.90 Å². The fraction of sp³-hybridized carbons (Fsp3) is 0.545. The molecule has 0 saturated heterocycles. The molecule has 0 aliphatic rings. The van der Waals surface area contributed by atoms with Gasteiger partial charge in [0.25, 0.3) is 0 Å². The van der Waals surface area contributed by atoms with E-state index < -0.39 is 0 Å². The quantitative estimate of drug-likeness (QED) is 0.757. The molecule has 1 heterocycles. The van der Waals surface area contributed by atoms with Crippen molar-refractivity contribution >= 4 is 33.2 Å². The van der Waals surface area contributed by atoms with Crippen molar-refractivity contribution in [3.05, 3.63) is 20.8 Å². The highest BCUT2D eigenvalue weighted by atomic mass is 79.9. The van der Waals surface area contributed by atoms with Gasteiger partial charge in [0, 0.05) is 18.0 Å². The van der Waals surface area contributed by atoms with E-state index >= 15 is 0 Å². The lowest BCUT2D eigenvalue weighted by Crippen LogP contribution is -2.21. The monoisotopic (exact) mass is 305 g/mol. The van der Waals surface area contributed by atoms with Gasteiger partial charge in [0.2, 0.25) is 0 Å². The highest BCUT2D eigenvalue weighted by molar-refractivity contribution is 9.11. The number of thiophene rings is 1. The van der Waals surface area contributed by atoms with Crippen LogP contribution in [-0.2, 0) is 16.1 Å². The molecule has 0 radical (unpaired) electrons. The van der Waals surface area contributed by atoms with Crippen LogP contribution < -0.4 is 0 Å². The molecule has 16 heavy (non-hydrogen) atoms. The predicted octanol–water partition coefficient (Wildman–Crippen LogP) is 2.90. The van der Waals surface area contributed by atoms with Gasteiger partial charge in [0.05, 0.1) is 16.8 Å². The van der Waals surface area contributed by atoms with E-state index in [4.69, 9.17) is 4.74 Å². The summed E-state index contributed by atoms with van der Waals surface area (Å²) in [5.74, 6) is -0.123. The van der Waals surface area contributed by atoms with Gasteiger partial charge in [-0.3, -0.25) is 4.79 Å². The first-order valence-corrected chi connectivity index (χ1v) is 6.81. The lowest BCUT2D eigenvalue weighted by atomic mass is 10.3. The highest BCUT2D eigenvalue weighted by Gasteiger charge is 2.06. The van der Waals surface area contributed by atoms with Crippen molar-refractivity contribution in [2.75, 3.05) is 20.2 Å². The zero-order valence-electron chi connectivity index (χ0n) is 9.53. The smallest absolute Gasteiger partial charge is 0.307 e. The van der Waals surface area contributed by atoms with Crippen molar-refractivity contribution in [3.8, 4) is 0 Å². The Kier molecular flexibility index (Phi) is 6.01. The van der Waals surface area contributed by atoms with Crippen LogP contribution in [0.1, 0.15) is 18.2 Å². The summed E-state index contributed by atoms with van der Waals surface area (Å²) < 4.78 is 6.02. The fourth-order valence-electron chi connectivity index (χ4n) is 1.30. The normalized spacial score (nSPS) is 10.8. The van der Waals surface area contributed by atoms with Gasteiger partial charge in [-0.15, -0.1) is 11.3 Å². The van der Waals surface area contributed by atoms with E-state index in [9.17, 15) is 4.79 Å². The average molecular weight is 306 g/mol. The second-order valence-electron chi connectivity index (χ2n) is 3.50. The van der Waals surface area contributed by atoms with Gasteiger partial charge in [-0.2, -0.15) is 0 Å². The van der Waals surface area contributed by atoms with Crippen LogP contribution in [0.2, 0.25) is 0 Å². The van der Waals surface area contributed by atoms with Crippen LogP contribution in [0.3, 0.4) is 0 Å². The minimum Gasteiger partial charge on any atom is -0.466 e. The summed E-state index contributed by atoms with van der Waals surface area (Å²) in [6, 6.07) is 4.13. The first-order chi connectivity index (χ1) is 7.61. The van der Waals surface area contributed by atoms with Gasteiger partial charge in [0.1, 0.15) is 0 Å². The van der Waals surface area contributed by atoms with Crippen LogP contribution in [0.4, 0.5) is 0 Å². The molecule has 0 fully saturated rings. The Morgan fingerprint density at radius 1 is 1.56 bits per heavy atom. The largest absolute Gasteiger partial charge is 0.466 e. The van der Waals surface area contributed by atoms with Gasteiger partial charge in [-0.05, 0) is 42.0 Å². The molecule has 90 valence electrons. The second-order valence-corrected chi connectivity index (χ2v) is 6.05. The van der Waals surface area contributed by atoms with Crippen LogP contribution >= 0.6 is 27.3 Å². The topological polar surface area (TPSA) is 29.5 Å². The molecule has 0 amide bonds. The van der Waals surface area contributed by atoms with Gasteiger partial charge in [-0.25, -0.2) is 0 Å². The number of rotatable bonds is 6. The summed E-state index contributed by atoms with van der Waals surface area (Å²) in [4.78, 5) is 14.6. The zero-order chi connectivity index (χ0) is 12.0. The molecule has 0 unspecified atom stereocenters. The fourth-order valence-corrected chi connectivity index (χ4v) is 2.86. The van der Waals surface area contributed by atoms with Crippen molar-refractivity contribution < 1.29 is 9.53 Å². The van der Waals surface area contributed by atoms with Crippen molar-refractivity contribution in [2.24, 2.45) is 0 Å². The molecule has 1 rings (SSSR count). The molecular formula is C11H16BrNO2S. The number of nitrogens with zero attached hydrogens (tertiary/aromatic N) is 1.